The number of nitrogens with one attached hydrogen (secondary N) is 1. The summed E-state index contributed by atoms with van der Waals surface area (Å²) in [5, 5.41) is 3.00. The van der Waals surface area contributed by atoms with Gasteiger partial charge in [-0.1, -0.05) is 0 Å². The molecular weight excluding hydrogens is 94.0 g/mol. The summed E-state index contributed by atoms with van der Waals surface area (Å²) < 4.78 is 4.83. The first-order valence-electron chi connectivity index (χ1n) is 2.07. The van der Waals surface area contributed by atoms with Crippen LogP contribution in [0.2, 0.25) is 0 Å². The van der Waals surface area contributed by atoms with Crippen molar-refractivity contribution in [1.82, 2.24) is 5.32 Å². The largest absolute Gasteiger partial charge is 0.365 e. The lowest BCUT2D eigenvalue weighted by atomic mass is 10.7. The van der Waals surface area contributed by atoms with Gasteiger partial charge in [-0.05, 0) is 0 Å². The summed E-state index contributed by atoms with van der Waals surface area (Å²) in [5.74, 6) is 0. The van der Waals surface area contributed by atoms with E-state index < -0.39 is 0 Å². The van der Waals surface area contributed by atoms with Gasteiger partial charge in [0.2, 0.25) is 0 Å². The maximum absolute atomic E-state index is 8.00. The summed E-state index contributed by atoms with van der Waals surface area (Å²) in [7, 11) is 0. The molecular formula is C4H9NO2. The van der Waals surface area contributed by atoms with Crippen molar-refractivity contribution in [1.29, 1.82) is 0 Å². The number of rotatable bonds is 0. The Morgan fingerprint density at radius 3 is 2.43 bits per heavy atom. The molecule has 0 aromatic heterocycles. The highest BCUT2D eigenvalue weighted by atomic mass is 16.5. The molecule has 0 radical (unpaired) electrons. The second-order valence-electron chi connectivity index (χ2n) is 1.05. The van der Waals surface area contributed by atoms with Gasteiger partial charge >= 0.3 is 0 Å². The van der Waals surface area contributed by atoms with Crippen molar-refractivity contribution >= 4 is 6.79 Å². The van der Waals surface area contributed by atoms with Crippen LogP contribution in [0, 0.1) is 0 Å². The topological polar surface area (TPSA) is 38.3 Å². The molecule has 42 valence electrons. The lowest BCUT2D eigenvalue weighted by molar-refractivity contribution is -0.0979. The van der Waals surface area contributed by atoms with E-state index in [1.807, 2.05) is 6.79 Å². The van der Waals surface area contributed by atoms with Gasteiger partial charge in [-0.15, -0.1) is 0 Å². The molecule has 0 atom stereocenters. The molecule has 0 aliphatic carbocycles. The number of carbonyl (C=O) groups is 1. The SMILES string of the molecule is C1COCN1.C=O. The molecule has 0 spiro atoms. The molecule has 1 aliphatic rings. The van der Waals surface area contributed by atoms with Gasteiger partial charge in [0, 0.05) is 6.54 Å². The Bertz CT molecular complexity index is 29.1. The minimum absolute atomic E-state index is 0.750. The van der Waals surface area contributed by atoms with Crippen LogP contribution in [0.1, 0.15) is 0 Å². The second kappa shape index (κ2) is 5.59. The molecule has 1 N–H and O–H groups in total. The van der Waals surface area contributed by atoms with E-state index >= 15 is 0 Å². The first-order valence-corrected chi connectivity index (χ1v) is 2.07. The van der Waals surface area contributed by atoms with Crippen molar-refractivity contribution in [3.05, 3.63) is 0 Å². The molecule has 0 amide bonds. The van der Waals surface area contributed by atoms with Gasteiger partial charge in [-0.3, -0.25) is 5.32 Å². The van der Waals surface area contributed by atoms with E-state index in [0.717, 1.165) is 19.9 Å². The zero-order valence-corrected chi connectivity index (χ0v) is 4.14. The standard InChI is InChI=1S/C3H7NO.CH2O/c1-2-5-3-4-1;1-2/h4H,1-3H2;1H2. The third-order valence-electron chi connectivity index (χ3n) is 0.627. The van der Waals surface area contributed by atoms with E-state index in [0.29, 0.717) is 0 Å². The molecule has 1 rings (SSSR count). The maximum Gasteiger partial charge on any atom is 0.106 e. The fourth-order valence-corrected chi connectivity index (χ4v) is 0.361. The van der Waals surface area contributed by atoms with E-state index in [1.165, 1.54) is 0 Å². The highest BCUT2D eigenvalue weighted by Crippen LogP contribution is 1.75. The van der Waals surface area contributed by atoms with Crippen molar-refractivity contribution in [2.24, 2.45) is 0 Å². The molecule has 1 saturated heterocycles. The third-order valence-corrected chi connectivity index (χ3v) is 0.627. The van der Waals surface area contributed by atoms with Gasteiger partial charge in [0.15, 0.2) is 0 Å². The van der Waals surface area contributed by atoms with E-state index in [9.17, 15) is 0 Å². The van der Waals surface area contributed by atoms with Gasteiger partial charge < -0.3 is 9.53 Å². The van der Waals surface area contributed by atoms with Crippen LogP contribution in [-0.2, 0) is 9.53 Å². The molecule has 0 aromatic carbocycles. The van der Waals surface area contributed by atoms with Crippen LogP contribution < -0.4 is 5.32 Å². The Morgan fingerprint density at radius 1 is 1.57 bits per heavy atom. The van der Waals surface area contributed by atoms with Crippen LogP contribution in [0.3, 0.4) is 0 Å². The van der Waals surface area contributed by atoms with Crippen LogP contribution in [-0.4, -0.2) is 26.7 Å². The number of hydrogen-bond donors (Lipinski definition) is 1. The van der Waals surface area contributed by atoms with Crippen LogP contribution >= 0.6 is 0 Å². The van der Waals surface area contributed by atoms with E-state index in [2.05, 4.69) is 5.32 Å². The molecule has 0 unspecified atom stereocenters. The van der Waals surface area contributed by atoms with Gasteiger partial charge in [0.25, 0.3) is 0 Å². The fraction of sp³-hybridized carbons (Fsp3) is 0.750. The molecule has 7 heavy (non-hydrogen) atoms. The van der Waals surface area contributed by atoms with Crippen molar-refractivity contribution in [2.45, 2.75) is 0 Å². The number of carbonyl (C=O) groups excluding carboxylic acids is 1. The van der Waals surface area contributed by atoms with Crippen molar-refractivity contribution in [2.75, 3.05) is 19.9 Å². The molecule has 3 nitrogen and oxygen atoms in total. The molecule has 1 fully saturated rings. The summed E-state index contributed by atoms with van der Waals surface area (Å²) in [5.41, 5.74) is 0. The predicted molar refractivity (Wildman–Crippen MR) is 25.9 cm³/mol. The minimum Gasteiger partial charge on any atom is -0.365 e. The number of hydrogen-bond acceptors (Lipinski definition) is 3. The maximum atomic E-state index is 8.00. The van der Waals surface area contributed by atoms with E-state index in [1.54, 1.807) is 0 Å². The average Bonchev–Trinajstić information content (AvgIpc) is 2.23. The second-order valence-corrected chi connectivity index (χ2v) is 1.05. The molecule has 0 bridgehead atoms. The first-order chi connectivity index (χ1) is 3.50. The first kappa shape index (κ1) is 6.59. The Hall–Kier alpha value is -0.410. The van der Waals surface area contributed by atoms with Crippen LogP contribution in [0.25, 0.3) is 0 Å². The van der Waals surface area contributed by atoms with E-state index in [4.69, 9.17) is 9.53 Å². The fourth-order valence-electron chi connectivity index (χ4n) is 0.361. The summed E-state index contributed by atoms with van der Waals surface area (Å²) in [6.07, 6.45) is 0. The molecule has 1 aliphatic heterocycles. The van der Waals surface area contributed by atoms with E-state index in [-0.39, 0.29) is 0 Å². The summed E-state index contributed by atoms with van der Waals surface area (Å²) >= 11 is 0. The van der Waals surface area contributed by atoms with Gasteiger partial charge in [-0.2, -0.15) is 0 Å². The molecule has 0 aromatic rings. The van der Waals surface area contributed by atoms with Crippen molar-refractivity contribution in [3.8, 4) is 0 Å². The van der Waals surface area contributed by atoms with Crippen molar-refractivity contribution < 1.29 is 9.53 Å². The highest BCUT2D eigenvalue weighted by molar-refractivity contribution is 5.10. The average molecular weight is 103 g/mol. The van der Waals surface area contributed by atoms with Crippen molar-refractivity contribution in [3.63, 3.8) is 0 Å². The normalized spacial score (nSPS) is 17.7. The Balaban J connectivity index is 0.000000162. The molecule has 1 heterocycles. The highest BCUT2D eigenvalue weighted by Gasteiger charge is 1.92. The van der Waals surface area contributed by atoms with Crippen LogP contribution in [0.4, 0.5) is 0 Å². The monoisotopic (exact) mass is 103 g/mol. The smallest absolute Gasteiger partial charge is 0.106 e. The van der Waals surface area contributed by atoms with Gasteiger partial charge in [0.05, 0.1) is 13.3 Å². The molecule has 0 saturated carbocycles. The third kappa shape index (κ3) is 3.42. The summed E-state index contributed by atoms with van der Waals surface area (Å²) in [4.78, 5) is 8.00. The zero-order chi connectivity index (χ0) is 5.54. The predicted octanol–water partition coefficient (Wildman–Crippen LogP) is -0.621. The Morgan fingerprint density at radius 2 is 2.29 bits per heavy atom. The van der Waals surface area contributed by atoms with Crippen LogP contribution in [0.5, 0.6) is 0 Å². The number of ether oxygens (including phenoxy) is 1. The summed E-state index contributed by atoms with van der Waals surface area (Å²) in [6, 6.07) is 0. The van der Waals surface area contributed by atoms with Gasteiger partial charge in [-0.25, -0.2) is 0 Å². The van der Waals surface area contributed by atoms with Gasteiger partial charge in [0.1, 0.15) is 6.79 Å². The minimum atomic E-state index is 0.750. The Labute approximate surface area is 42.7 Å². The Kier molecular flexibility index (Phi) is 5.26. The lowest BCUT2D eigenvalue weighted by Crippen LogP contribution is -2.05. The molecule has 3 heteroatoms. The summed E-state index contributed by atoms with van der Waals surface area (Å²) in [6.45, 7) is 4.67. The zero-order valence-electron chi connectivity index (χ0n) is 4.14. The van der Waals surface area contributed by atoms with Crippen LogP contribution in [0.15, 0.2) is 0 Å². The quantitative estimate of drug-likeness (QED) is 0.444. The lowest BCUT2D eigenvalue weighted by Gasteiger charge is -1.76.